The van der Waals surface area contributed by atoms with Gasteiger partial charge < -0.3 is 9.80 Å². The summed E-state index contributed by atoms with van der Waals surface area (Å²) in [7, 11) is 0. The summed E-state index contributed by atoms with van der Waals surface area (Å²) in [5, 5.41) is 2.15. The molecule has 24 heavy (non-hydrogen) atoms. The maximum atomic E-state index is 13.0. The number of carbonyl (C=O) groups excluding carboxylic acids is 1. The summed E-state index contributed by atoms with van der Waals surface area (Å²) < 4.78 is 0. The molecule has 6 heteroatoms. The molecule has 5 nitrogen and oxygen atoms in total. The Morgan fingerprint density at radius 2 is 2.08 bits per heavy atom. The molecule has 0 spiro atoms. The molecule has 2 aliphatic heterocycles. The number of nitrogens with zero attached hydrogens (tertiary/aromatic N) is 4. The number of aromatic nitrogens is 2. The van der Waals surface area contributed by atoms with Gasteiger partial charge in [-0.3, -0.25) is 9.78 Å². The summed E-state index contributed by atoms with van der Waals surface area (Å²) in [5.74, 6) is 1.41. The normalized spacial score (nSPS) is 19.0. The van der Waals surface area contributed by atoms with E-state index in [0.29, 0.717) is 5.91 Å². The lowest BCUT2D eigenvalue weighted by atomic mass is 9.95. The minimum atomic E-state index is 0.151. The van der Waals surface area contributed by atoms with Crippen molar-refractivity contribution in [2.24, 2.45) is 5.92 Å². The largest absolute Gasteiger partial charge is 0.355 e. The molecule has 126 valence electrons. The Balaban J connectivity index is 1.38. The van der Waals surface area contributed by atoms with Crippen molar-refractivity contribution < 1.29 is 4.79 Å². The van der Waals surface area contributed by atoms with Gasteiger partial charge in [0.2, 0.25) is 5.91 Å². The van der Waals surface area contributed by atoms with Gasteiger partial charge in [0.25, 0.3) is 0 Å². The van der Waals surface area contributed by atoms with Gasteiger partial charge in [0.15, 0.2) is 0 Å². The van der Waals surface area contributed by atoms with Gasteiger partial charge in [-0.25, -0.2) is 4.98 Å². The zero-order chi connectivity index (χ0) is 16.4. The lowest BCUT2D eigenvalue weighted by Crippen LogP contribution is -2.42. The standard InChI is InChI=1S/C18H22N4OS/c23-18(22-8-1-2-16-15(13-22)5-11-24-16)14-3-9-21(10-4-14)17-12-19-6-7-20-17/h5-7,11-12,14H,1-4,8-10,13H2. The molecule has 0 saturated carbocycles. The second-order valence-corrected chi connectivity index (χ2v) is 7.56. The molecule has 2 aliphatic rings. The molecule has 4 rings (SSSR count). The van der Waals surface area contributed by atoms with Crippen LogP contribution in [-0.4, -0.2) is 40.4 Å². The maximum absolute atomic E-state index is 13.0. The van der Waals surface area contributed by atoms with Crippen molar-refractivity contribution in [3.05, 3.63) is 40.5 Å². The Morgan fingerprint density at radius 3 is 2.88 bits per heavy atom. The lowest BCUT2D eigenvalue weighted by molar-refractivity contribution is -0.136. The molecule has 0 bridgehead atoms. The molecule has 0 aromatic carbocycles. The first-order valence-corrected chi connectivity index (χ1v) is 9.54. The molecular formula is C18H22N4OS. The van der Waals surface area contributed by atoms with Crippen LogP contribution < -0.4 is 4.90 Å². The van der Waals surface area contributed by atoms with Crippen LogP contribution in [0.3, 0.4) is 0 Å². The van der Waals surface area contributed by atoms with E-state index in [9.17, 15) is 4.79 Å². The smallest absolute Gasteiger partial charge is 0.226 e. The van der Waals surface area contributed by atoms with E-state index in [1.807, 2.05) is 11.3 Å². The van der Waals surface area contributed by atoms with Crippen LogP contribution in [-0.2, 0) is 17.8 Å². The van der Waals surface area contributed by atoms with Crippen molar-refractivity contribution in [3.63, 3.8) is 0 Å². The number of aryl methyl sites for hydroxylation is 1. The monoisotopic (exact) mass is 342 g/mol. The van der Waals surface area contributed by atoms with Crippen molar-refractivity contribution in [2.45, 2.75) is 32.2 Å². The van der Waals surface area contributed by atoms with Gasteiger partial charge in [-0.05, 0) is 42.7 Å². The molecule has 1 amide bonds. The predicted molar refractivity (Wildman–Crippen MR) is 95.0 cm³/mol. The van der Waals surface area contributed by atoms with Crippen LogP contribution >= 0.6 is 11.3 Å². The van der Waals surface area contributed by atoms with Crippen molar-refractivity contribution in [1.29, 1.82) is 0 Å². The Hall–Kier alpha value is -1.95. The summed E-state index contributed by atoms with van der Waals surface area (Å²) in [6.45, 7) is 3.45. The van der Waals surface area contributed by atoms with Crippen LogP contribution in [0.1, 0.15) is 29.7 Å². The Kier molecular flexibility index (Phi) is 4.47. The highest BCUT2D eigenvalue weighted by Gasteiger charge is 2.30. The molecule has 2 aromatic rings. The fraction of sp³-hybridized carbons (Fsp3) is 0.500. The quantitative estimate of drug-likeness (QED) is 0.842. The first-order chi connectivity index (χ1) is 11.8. The lowest BCUT2D eigenvalue weighted by Gasteiger charge is -2.34. The van der Waals surface area contributed by atoms with E-state index >= 15 is 0 Å². The van der Waals surface area contributed by atoms with Gasteiger partial charge in [0.05, 0.1) is 6.20 Å². The van der Waals surface area contributed by atoms with E-state index in [2.05, 4.69) is 31.2 Å². The second-order valence-electron chi connectivity index (χ2n) is 6.56. The fourth-order valence-electron chi connectivity index (χ4n) is 3.70. The van der Waals surface area contributed by atoms with Gasteiger partial charge in [0.1, 0.15) is 5.82 Å². The highest BCUT2D eigenvalue weighted by molar-refractivity contribution is 7.10. The fourth-order valence-corrected chi connectivity index (χ4v) is 4.64. The number of fused-ring (bicyclic) bond motifs is 1. The molecule has 1 saturated heterocycles. The number of anilines is 1. The maximum Gasteiger partial charge on any atom is 0.226 e. The number of thiophene rings is 1. The third-order valence-corrected chi connectivity index (χ3v) is 6.08. The predicted octanol–water partition coefficient (Wildman–Crippen LogP) is 2.73. The summed E-state index contributed by atoms with van der Waals surface area (Å²) in [4.78, 5) is 27.2. The molecule has 0 radical (unpaired) electrons. The molecule has 0 N–H and O–H groups in total. The van der Waals surface area contributed by atoms with Gasteiger partial charge in [-0.1, -0.05) is 0 Å². The van der Waals surface area contributed by atoms with Crippen LogP contribution in [0.5, 0.6) is 0 Å². The minimum Gasteiger partial charge on any atom is -0.355 e. The van der Waals surface area contributed by atoms with Gasteiger partial charge in [-0.2, -0.15) is 0 Å². The number of piperidine rings is 1. The molecular weight excluding hydrogens is 320 g/mol. The van der Waals surface area contributed by atoms with Crippen molar-refractivity contribution >= 4 is 23.1 Å². The average Bonchev–Trinajstić information content (AvgIpc) is 2.99. The van der Waals surface area contributed by atoms with E-state index in [1.165, 1.54) is 10.4 Å². The number of hydrogen-bond acceptors (Lipinski definition) is 5. The van der Waals surface area contributed by atoms with Crippen LogP contribution in [0.2, 0.25) is 0 Å². The highest BCUT2D eigenvalue weighted by atomic mass is 32.1. The number of amides is 1. The number of hydrogen-bond donors (Lipinski definition) is 0. The van der Waals surface area contributed by atoms with E-state index < -0.39 is 0 Å². The molecule has 0 aliphatic carbocycles. The number of rotatable bonds is 2. The third kappa shape index (κ3) is 3.15. The van der Waals surface area contributed by atoms with Gasteiger partial charge in [-0.15, -0.1) is 11.3 Å². The molecule has 0 atom stereocenters. The summed E-state index contributed by atoms with van der Waals surface area (Å²) >= 11 is 1.83. The molecule has 1 fully saturated rings. The number of carbonyl (C=O) groups is 1. The van der Waals surface area contributed by atoms with Gasteiger partial charge >= 0.3 is 0 Å². The molecule has 0 unspecified atom stereocenters. The molecule has 2 aromatic heterocycles. The topological polar surface area (TPSA) is 49.3 Å². The zero-order valence-corrected chi connectivity index (χ0v) is 14.5. The Morgan fingerprint density at radius 1 is 1.21 bits per heavy atom. The van der Waals surface area contributed by atoms with Crippen molar-refractivity contribution in [3.8, 4) is 0 Å². The highest BCUT2D eigenvalue weighted by Crippen LogP contribution is 2.27. The van der Waals surface area contributed by atoms with Crippen LogP contribution in [0, 0.1) is 5.92 Å². The second kappa shape index (κ2) is 6.89. The van der Waals surface area contributed by atoms with E-state index in [4.69, 9.17) is 0 Å². The van der Waals surface area contributed by atoms with Crippen LogP contribution in [0.25, 0.3) is 0 Å². The first kappa shape index (κ1) is 15.6. The van der Waals surface area contributed by atoms with Crippen molar-refractivity contribution in [2.75, 3.05) is 24.5 Å². The van der Waals surface area contributed by atoms with Gasteiger partial charge in [0, 0.05) is 49.4 Å². The summed E-state index contributed by atoms with van der Waals surface area (Å²) in [5.41, 5.74) is 1.35. The summed E-state index contributed by atoms with van der Waals surface area (Å²) in [6.07, 6.45) is 9.22. The molecule has 4 heterocycles. The zero-order valence-electron chi connectivity index (χ0n) is 13.7. The van der Waals surface area contributed by atoms with Crippen LogP contribution in [0.4, 0.5) is 5.82 Å². The third-order valence-electron chi connectivity index (χ3n) is 5.06. The minimum absolute atomic E-state index is 0.151. The van der Waals surface area contributed by atoms with Crippen molar-refractivity contribution in [1.82, 2.24) is 14.9 Å². The average molecular weight is 342 g/mol. The van der Waals surface area contributed by atoms with E-state index in [1.54, 1.807) is 18.6 Å². The summed E-state index contributed by atoms with van der Waals surface area (Å²) in [6, 6.07) is 2.18. The van der Waals surface area contributed by atoms with Crippen LogP contribution in [0.15, 0.2) is 30.0 Å². The van der Waals surface area contributed by atoms with E-state index in [0.717, 1.165) is 57.7 Å². The Labute approximate surface area is 146 Å². The Bertz CT molecular complexity index is 694. The first-order valence-electron chi connectivity index (χ1n) is 8.66. The van der Waals surface area contributed by atoms with E-state index in [-0.39, 0.29) is 5.92 Å². The SMILES string of the molecule is O=C(C1CCN(c2cnccn2)CC1)N1CCCc2sccc2C1.